The standard InChI is InChI=1S/C48H34N2SSi/c1-4-14-37(15-5-1)52(38-16-6-2-7-17-38,39-18-8-3-9-19-39)40-20-12-13-35(32-40)43-29-30-49-48(50-43)36-25-27-41-34(31-36)24-23-33-26-28-45-47(46(33)41)42-21-10-11-22-44(42)51-45/h1-22,25-32H,23-24H2. The molecule has 0 unspecified atom stereocenters. The number of nitrogens with zero attached hydrogens (tertiary/aromatic N) is 2. The molecule has 10 rings (SSSR count). The van der Waals surface area contributed by atoms with Crippen LogP contribution in [0.3, 0.4) is 0 Å². The number of rotatable bonds is 6. The minimum Gasteiger partial charge on any atom is -0.237 e. The smallest absolute Gasteiger partial charge is 0.179 e. The van der Waals surface area contributed by atoms with Crippen molar-refractivity contribution in [1.82, 2.24) is 9.97 Å². The van der Waals surface area contributed by atoms with Crippen LogP contribution in [0.15, 0.2) is 182 Å². The summed E-state index contributed by atoms with van der Waals surface area (Å²) in [5, 5.41) is 8.15. The summed E-state index contributed by atoms with van der Waals surface area (Å²) in [7, 11) is -2.66. The van der Waals surface area contributed by atoms with Crippen LogP contribution >= 0.6 is 11.3 Å². The maximum absolute atomic E-state index is 5.24. The van der Waals surface area contributed by atoms with E-state index in [0.717, 1.165) is 35.5 Å². The number of aromatic nitrogens is 2. The molecule has 2 aromatic heterocycles. The van der Waals surface area contributed by atoms with Gasteiger partial charge in [0, 0.05) is 37.5 Å². The van der Waals surface area contributed by atoms with Crippen LogP contribution in [0, 0.1) is 0 Å². The van der Waals surface area contributed by atoms with E-state index in [4.69, 9.17) is 9.97 Å². The van der Waals surface area contributed by atoms with Crippen molar-refractivity contribution in [3.8, 4) is 33.8 Å². The normalized spacial score (nSPS) is 12.5. The first-order chi connectivity index (χ1) is 25.8. The van der Waals surface area contributed by atoms with E-state index in [9.17, 15) is 0 Å². The van der Waals surface area contributed by atoms with E-state index >= 15 is 0 Å². The van der Waals surface area contributed by atoms with Gasteiger partial charge in [0.1, 0.15) is 0 Å². The molecule has 1 aliphatic rings. The molecule has 0 fully saturated rings. The zero-order chi connectivity index (χ0) is 34.5. The first-order valence-corrected chi connectivity index (χ1v) is 20.8. The third-order valence-corrected chi connectivity index (χ3v) is 16.7. The van der Waals surface area contributed by atoms with Gasteiger partial charge in [-0.25, -0.2) is 9.97 Å². The van der Waals surface area contributed by atoms with Gasteiger partial charge < -0.3 is 0 Å². The van der Waals surface area contributed by atoms with Crippen molar-refractivity contribution in [1.29, 1.82) is 0 Å². The Balaban J connectivity index is 1.08. The molecule has 0 saturated heterocycles. The summed E-state index contributed by atoms with van der Waals surface area (Å²) in [6.45, 7) is 0. The van der Waals surface area contributed by atoms with Gasteiger partial charge in [-0.05, 0) is 80.1 Å². The van der Waals surface area contributed by atoms with Crippen molar-refractivity contribution in [2.75, 3.05) is 0 Å². The molecule has 0 saturated carbocycles. The Labute approximate surface area is 308 Å². The number of benzene rings is 7. The number of aryl methyl sites for hydroxylation is 2. The monoisotopic (exact) mass is 698 g/mol. The lowest BCUT2D eigenvalue weighted by Crippen LogP contribution is -2.74. The first kappa shape index (κ1) is 30.8. The first-order valence-electron chi connectivity index (χ1n) is 17.9. The summed E-state index contributed by atoms with van der Waals surface area (Å²) < 4.78 is 2.70. The summed E-state index contributed by atoms with van der Waals surface area (Å²) in [5.41, 5.74) is 8.63. The largest absolute Gasteiger partial charge is 0.237 e. The molecule has 0 N–H and O–H groups in total. The molecule has 52 heavy (non-hydrogen) atoms. The highest BCUT2D eigenvalue weighted by molar-refractivity contribution is 7.26. The van der Waals surface area contributed by atoms with Crippen molar-refractivity contribution >= 4 is 60.3 Å². The predicted molar refractivity (Wildman–Crippen MR) is 222 cm³/mol. The van der Waals surface area contributed by atoms with Crippen molar-refractivity contribution in [2.45, 2.75) is 12.8 Å². The predicted octanol–water partition coefficient (Wildman–Crippen LogP) is 9.32. The van der Waals surface area contributed by atoms with Crippen molar-refractivity contribution in [3.63, 3.8) is 0 Å². The van der Waals surface area contributed by atoms with Crippen molar-refractivity contribution in [3.05, 3.63) is 193 Å². The van der Waals surface area contributed by atoms with Gasteiger partial charge in [-0.2, -0.15) is 0 Å². The zero-order valence-electron chi connectivity index (χ0n) is 28.5. The van der Waals surface area contributed by atoms with E-state index in [1.807, 2.05) is 23.6 Å². The maximum Gasteiger partial charge on any atom is 0.179 e. The molecule has 0 bridgehead atoms. The fourth-order valence-electron chi connectivity index (χ4n) is 8.46. The molecule has 0 atom stereocenters. The Hall–Kier alpha value is -5.94. The highest BCUT2D eigenvalue weighted by atomic mass is 32.1. The molecule has 0 radical (unpaired) electrons. The second-order valence-electron chi connectivity index (χ2n) is 13.6. The average molecular weight is 699 g/mol. The number of fused-ring (bicyclic) bond motifs is 7. The summed E-state index contributed by atoms with van der Waals surface area (Å²) in [6, 6.07) is 64.7. The molecule has 7 aromatic carbocycles. The molecule has 1 aliphatic carbocycles. The minimum absolute atomic E-state index is 0.758. The highest BCUT2D eigenvalue weighted by Gasteiger charge is 2.41. The molecular weight excluding hydrogens is 665 g/mol. The summed E-state index contributed by atoms with van der Waals surface area (Å²) in [4.78, 5) is 10.1. The molecule has 0 spiro atoms. The highest BCUT2D eigenvalue weighted by Crippen LogP contribution is 2.45. The topological polar surface area (TPSA) is 25.8 Å². The summed E-state index contributed by atoms with van der Waals surface area (Å²) >= 11 is 1.89. The molecule has 246 valence electrons. The Morgan fingerprint density at radius 3 is 1.87 bits per heavy atom. The van der Waals surface area contributed by atoms with Gasteiger partial charge in [0.15, 0.2) is 13.9 Å². The second kappa shape index (κ2) is 12.7. The quantitative estimate of drug-likeness (QED) is 0.128. The van der Waals surface area contributed by atoms with Crippen LogP contribution in [0.25, 0.3) is 53.9 Å². The summed E-state index contributed by atoms with van der Waals surface area (Å²) in [5.74, 6) is 0.758. The molecule has 2 nitrogen and oxygen atoms in total. The number of thiophene rings is 1. The van der Waals surface area contributed by atoms with Gasteiger partial charge in [-0.3, -0.25) is 0 Å². The van der Waals surface area contributed by atoms with Gasteiger partial charge in [0.05, 0.1) is 5.69 Å². The van der Waals surface area contributed by atoms with Gasteiger partial charge in [-0.1, -0.05) is 152 Å². The Bertz CT molecular complexity index is 2640. The number of hydrogen-bond donors (Lipinski definition) is 0. The van der Waals surface area contributed by atoms with Crippen LogP contribution in [-0.4, -0.2) is 18.0 Å². The van der Waals surface area contributed by atoms with Crippen LogP contribution in [0.5, 0.6) is 0 Å². The van der Waals surface area contributed by atoms with Crippen LogP contribution in [-0.2, 0) is 12.8 Å². The summed E-state index contributed by atoms with van der Waals surface area (Å²) in [6.07, 6.45) is 3.96. The van der Waals surface area contributed by atoms with E-state index in [2.05, 4.69) is 170 Å². The van der Waals surface area contributed by atoms with Crippen LogP contribution in [0.4, 0.5) is 0 Å². The van der Waals surface area contributed by atoms with E-state index in [1.54, 1.807) is 0 Å². The van der Waals surface area contributed by atoms with Gasteiger partial charge in [0.25, 0.3) is 0 Å². The Morgan fingerprint density at radius 1 is 0.481 bits per heavy atom. The molecule has 9 aromatic rings. The van der Waals surface area contributed by atoms with Gasteiger partial charge >= 0.3 is 0 Å². The fraction of sp³-hybridized carbons (Fsp3) is 0.0417. The van der Waals surface area contributed by atoms with Crippen molar-refractivity contribution < 1.29 is 0 Å². The Kier molecular flexibility index (Phi) is 7.52. The third kappa shape index (κ3) is 4.98. The second-order valence-corrected chi connectivity index (χ2v) is 18.5. The van der Waals surface area contributed by atoms with Crippen LogP contribution < -0.4 is 20.7 Å². The lowest BCUT2D eigenvalue weighted by Gasteiger charge is -2.34. The van der Waals surface area contributed by atoms with E-state index in [1.165, 1.54) is 63.2 Å². The fourth-order valence-corrected chi connectivity index (χ4v) is 14.4. The maximum atomic E-state index is 5.24. The number of hydrogen-bond acceptors (Lipinski definition) is 3. The minimum atomic E-state index is -2.66. The molecule has 0 aliphatic heterocycles. The Morgan fingerprint density at radius 2 is 1.13 bits per heavy atom. The van der Waals surface area contributed by atoms with E-state index in [-0.39, 0.29) is 0 Å². The third-order valence-electron chi connectivity index (χ3n) is 10.8. The lowest BCUT2D eigenvalue weighted by molar-refractivity contribution is 0.945. The molecular formula is C48H34N2SSi. The average Bonchev–Trinajstić information content (AvgIpc) is 3.61. The molecule has 4 heteroatoms. The molecule has 2 heterocycles. The molecule has 0 amide bonds. The van der Waals surface area contributed by atoms with Crippen LogP contribution in [0.1, 0.15) is 11.1 Å². The lowest BCUT2D eigenvalue weighted by atomic mass is 9.82. The zero-order valence-corrected chi connectivity index (χ0v) is 30.4. The van der Waals surface area contributed by atoms with E-state index < -0.39 is 8.07 Å². The van der Waals surface area contributed by atoms with Gasteiger partial charge in [0.2, 0.25) is 0 Å². The SMILES string of the molecule is c1ccc([Si](c2ccccc2)(c2ccccc2)c2cccc(-c3ccnc(-c4ccc5c(c4)CCc4ccc6sc7ccccc7c6c4-5)n3)c2)cc1. The van der Waals surface area contributed by atoms with Gasteiger partial charge in [-0.15, -0.1) is 11.3 Å². The van der Waals surface area contributed by atoms with E-state index in [0.29, 0.717) is 0 Å². The van der Waals surface area contributed by atoms with Crippen molar-refractivity contribution in [2.24, 2.45) is 0 Å². The van der Waals surface area contributed by atoms with Crippen LogP contribution in [0.2, 0.25) is 0 Å².